The fourth-order valence-corrected chi connectivity index (χ4v) is 2.13. The van der Waals surface area contributed by atoms with E-state index in [4.69, 9.17) is 14.3 Å². The van der Waals surface area contributed by atoms with Crippen LogP contribution in [-0.4, -0.2) is 11.1 Å². The topological polar surface area (TPSA) is 59.7 Å². The summed E-state index contributed by atoms with van der Waals surface area (Å²) in [7, 11) is 0. The lowest BCUT2D eigenvalue weighted by Gasteiger charge is -2.08. The molecule has 0 fully saturated rings. The third-order valence-electron chi connectivity index (χ3n) is 3.30. The molecule has 4 heteroatoms. The maximum absolute atomic E-state index is 11.1. The molecule has 0 atom stereocenters. The number of carbonyl (C=O) groups is 1. The molecular formula is C17H14O4. The SMILES string of the molecule is Cc1ccc(COc2cc(C(=O)O)cc3occc23)cc1. The maximum Gasteiger partial charge on any atom is 0.335 e. The molecule has 1 heterocycles. The average molecular weight is 282 g/mol. The maximum atomic E-state index is 11.1. The van der Waals surface area contributed by atoms with Crippen molar-refractivity contribution in [3.63, 3.8) is 0 Å². The van der Waals surface area contributed by atoms with Gasteiger partial charge in [-0.2, -0.15) is 0 Å². The van der Waals surface area contributed by atoms with E-state index >= 15 is 0 Å². The molecular weight excluding hydrogens is 268 g/mol. The van der Waals surface area contributed by atoms with Gasteiger partial charge in [0.05, 0.1) is 17.2 Å². The summed E-state index contributed by atoms with van der Waals surface area (Å²) in [6.45, 7) is 2.40. The van der Waals surface area contributed by atoms with Gasteiger partial charge in [0, 0.05) is 0 Å². The largest absolute Gasteiger partial charge is 0.488 e. The van der Waals surface area contributed by atoms with Gasteiger partial charge < -0.3 is 14.3 Å². The lowest BCUT2D eigenvalue weighted by atomic mass is 10.1. The molecule has 0 saturated carbocycles. The molecule has 1 aromatic heterocycles. The van der Waals surface area contributed by atoms with E-state index in [9.17, 15) is 4.79 Å². The molecule has 21 heavy (non-hydrogen) atoms. The molecule has 4 nitrogen and oxygen atoms in total. The third-order valence-corrected chi connectivity index (χ3v) is 3.30. The number of ether oxygens (including phenoxy) is 1. The Balaban J connectivity index is 1.90. The average Bonchev–Trinajstić information content (AvgIpc) is 2.94. The molecule has 0 aliphatic rings. The first-order valence-electron chi connectivity index (χ1n) is 6.56. The van der Waals surface area contributed by atoms with Crippen LogP contribution in [0.3, 0.4) is 0 Å². The summed E-state index contributed by atoms with van der Waals surface area (Å²) in [4.78, 5) is 11.1. The Hall–Kier alpha value is -2.75. The quantitative estimate of drug-likeness (QED) is 0.785. The number of rotatable bonds is 4. The Bertz CT molecular complexity index is 784. The molecule has 0 saturated heterocycles. The molecule has 2 aromatic carbocycles. The van der Waals surface area contributed by atoms with Crippen LogP contribution in [0.5, 0.6) is 5.75 Å². The number of carboxylic acids is 1. The van der Waals surface area contributed by atoms with Gasteiger partial charge in [0.15, 0.2) is 0 Å². The highest BCUT2D eigenvalue weighted by Gasteiger charge is 2.12. The van der Waals surface area contributed by atoms with Crippen LogP contribution < -0.4 is 4.74 Å². The van der Waals surface area contributed by atoms with Crippen molar-refractivity contribution < 1.29 is 19.1 Å². The van der Waals surface area contributed by atoms with Crippen molar-refractivity contribution in [3.05, 3.63) is 65.4 Å². The minimum atomic E-state index is -1.01. The summed E-state index contributed by atoms with van der Waals surface area (Å²) in [6.07, 6.45) is 1.52. The number of hydrogen-bond donors (Lipinski definition) is 1. The molecule has 0 aliphatic carbocycles. The van der Waals surface area contributed by atoms with E-state index in [1.54, 1.807) is 6.07 Å². The number of aryl methyl sites for hydroxylation is 1. The summed E-state index contributed by atoms with van der Waals surface area (Å²) in [5.74, 6) is -0.493. The first kappa shape index (κ1) is 13.2. The molecule has 0 bridgehead atoms. The van der Waals surface area contributed by atoms with Gasteiger partial charge in [-0.15, -0.1) is 0 Å². The fraction of sp³-hybridized carbons (Fsp3) is 0.118. The van der Waals surface area contributed by atoms with Crippen LogP contribution in [0.25, 0.3) is 11.0 Å². The normalized spacial score (nSPS) is 10.7. The van der Waals surface area contributed by atoms with Crippen LogP contribution in [0.4, 0.5) is 0 Å². The predicted molar refractivity (Wildman–Crippen MR) is 78.7 cm³/mol. The van der Waals surface area contributed by atoms with E-state index < -0.39 is 5.97 Å². The van der Waals surface area contributed by atoms with Crippen molar-refractivity contribution in [1.29, 1.82) is 0 Å². The first-order chi connectivity index (χ1) is 10.1. The van der Waals surface area contributed by atoms with E-state index in [0.29, 0.717) is 17.9 Å². The Labute approximate surface area is 121 Å². The minimum absolute atomic E-state index is 0.149. The summed E-state index contributed by atoms with van der Waals surface area (Å²) >= 11 is 0. The van der Waals surface area contributed by atoms with Crippen LogP contribution >= 0.6 is 0 Å². The first-order valence-corrected chi connectivity index (χ1v) is 6.56. The second-order valence-electron chi connectivity index (χ2n) is 4.89. The van der Waals surface area contributed by atoms with Gasteiger partial charge in [0.1, 0.15) is 17.9 Å². The number of hydrogen-bond acceptors (Lipinski definition) is 3. The Morgan fingerprint density at radius 3 is 2.67 bits per heavy atom. The van der Waals surface area contributed by atoms with Crippen LogP contribution in [0.15, 0.2) is 53.1 Å². The van der Waals surface area contributed by atoms with Gasteiger partial charge in [-0.05, 0) is 30.7 Å². The van der Waals surface area contributed by atoms with Crippen molar-refractivity contribution in [3.8, 4) is 5.75 Å². The van der Waals surface area contributed by atoms with E-state index in [2.05, 4.69) is 0 Å². The number of furan rings is 1. The zero-order valence-corrected chi connectivity index (χ0v) is 11.5. The van der Waals surface area contributed by atoms with Crippen molar-refractivity contribution in [2.45, 2.75) is 13.5 Å². The second-order valence-corrected chi connectivity index (χ2v) is 4.89. The van der Waals surface area contributed by atoms with Crippen LogP contribution in [0, 0.1) is 6.92 Å². The highest BCUT2D eigenvalue weighted by Crippen LogP contribution is 2.29. The zero-order chi connectivity index (χ0) is 14.8. The third kappa shape index (κ3) is 2.74. The van der Waals surface area contributed by atoms with Crippen LogP contribution in [-0.2, 0) is 6.61 Å². The summed E-state index contributed by atoms with van der Waals surface area (Å²) in [5.41, 5.74) is 2.87. The predicted octanol–water partition coefficient (Wildman–Crippen LogP) is 4.02. The van der Waals surface area contributed by atoms with E-state index in [1.807, 2.05) is 31.2 Å². The number of aromatic carboxylic acids is 1. The molecule has 106 valence electrons. The van der Waals surface area contributed by atoms with Gasteiger partial charge in [-0.25, -0.2) is 4.79 Å². The van der Waals surface area contributed by atoms with Crippen LogP contribution in [0.1, 0.15) is 21.5 Å². The molecule has 3 rings (SSSR count). The van der Waals surface area contributed by atoms with Gasteiger partial charge in [0.25, 0.3) is 0 Å². The molecule has 0 unspecified atom stereocenters. The zero-order valence-electron chi connectivity index (χ0n) is 11.5. The standard InChI is InChI=1S/C17H14O4/c1-11-2-4-12(5-3-11)10-21-16-9-13(17(18)19)8-15-14(16)6-7-20-15/h2-9H,10H2,1H3,(H,18,19). The Morgan fingerprint density at radius 2 is 1.95 bits per heavy atom. The lowest BCUT2D eigenvalue weighted by molar-refractivity contribution is 0.0696. The monoisotopic (exact) mass is 282 g/mol. The number of benzene rings is 2. The highest BCUT2D eigenvalue weighted by atomic mass is 16.5. The van der Waals surface area contributed by atoms with Crippen LogP contribution in [0.2, 0.25) is 0 Å². The van der Waals surface area contributed by atoms with Gasteiger partial charge in [-0.3, -0.25) is 0 Å². The highest BCUT2D eigenvalue weighted by molar-refractivity contribution is 5.95. The van der Waals surface area contributed by atoms with Crippen molar-refractivity contribution in [2.75, 3.05) is 0 Å². The fourth-order valence-electron chi connectivity index (χ4n) is 2.13. The molecule has 0 spiro atoms. The number of carboxylic acid groups (broad SMARTS) is 1. The van der Waals surface area contributed by atoms with E-state index in [-0.39, 0.29) is 5.56 Å². The molecule has 0 amide bonds. The Morgan fingerprint density at radius 1 is 1.19 bits per heavy atom. The van der Waals surface area contributed by atoms with Gasteiger partial charge in [-0.1, -0.05) is 29.8 Å². The molecule has 1 N–H and O–H groups in total. The van der Waals surface area contributed by atoms with E-state index in [1.165, 1.54) is 24.0 Å². The second kappa shape index (κ2) is 5.32. The molecule has 3 aromatic rings. The smallest absolute Gasteiger partial charge is 0.335 e. The summed E-state index contributed by atoms with van der Waals surface area (Å²) < 4.78 is 11.0. The summed E-state index contributed by atoms with van der Waals surface area (Å²) in [5, 5.41) is 9.90. The van der Waals surface area contributed by atoms with Gasteiger partial charge >= 0.3 is 5.97 Å². The lowest BCUT2D eigenvalue weighted by Crippen LogP contribution is -2.00. The van der Waals surface area contributed by atoms with Crippen molar-refractivity contribution >= 4 is 16.9 Å². The van der Waals surface area contributed by atoms with Crippen molar-refractivity contribution in [1.82, 2.24) is 0 Å². The van der Waals surface area contributed by atoms with Gasteiger partial charge in [0.2, 0.25) is 0 Å². The Kier molecular flexibility index (Phi) is 3.36. The molecule has 0 radical (unpaired) electrons. The minimum Gasteiger partial charge on any atom is -0.488 e. The molecule has 0 aliphatic heterocycles. The number of fused-ring (bicyclic) bond motifs is 1. The van der Waals surface area contributed by atoms with Crippen molar-refractivity contribution in [2.24, 2.45) is 0 Å². The van der Waals surface area contributed by atoms with E-state index in [0.717, 1.165) is 10.9 Å². The summed E-state index contributed by atoms with van der Waals surface area (Å²) in [6, 6.07) is 12.8.